The van der Waals surface area contributed by atoms with Gasteiger partial charge in [-0.3, -0.25) is 4.90 Å². The summed E-state index contributed by atoms with van der Waals surface area (Å²) in [7, 11) is -2.67. The molecule has 0 amide bonds. The van der Waals surface area contributed by atoms with E-state index in [-0.39, 0.29) is 5.41 Å². The van der Waals surface area contributed by atoms with E-state index in [1.165, 1.54) is 5.56 Å². The molecule has 0 unspecified atom stereocenters. The van der Waals surface area contributed by atoms with Crippen LogP contribution in [0.5, 0.6) is 0 Å². The van der Waals surface area contributed by atoms with Gasteiger partial charge in [-0.2, -0.15) is 0 Å². The van der Waals surface area contributed by atoms with Crippen LogP contribution in [-0.2, 0) is 16.4 Å². The summed E-state index contributed by atoms with van der Waals surface area (Å²) in [6.07, 6.45) is 0. The smallest absolute Gasteiger partial charge is 0.151 e. The Morgan fingerprint density at radius 2 is 1.75 bits per heavy atom. The van der Waals surface area contributed by atoms with Crippen LogP contribution in [0.3, 0.4) is 0 Å². The molecular formula is C12H15NO2S. The van der Waals surface area contributed by atoms with Gasteiger partial charge in [0.15, 0.2) is 9.84 Å². The van der Waals surface area contributed by atoms with Gasteiger partial charge in [0.1, 0.15) is 0 Å². The Kier molecular flexibility index (Phi) is 2.13. The lowest BCUT2D eigenvalue weighted by atomic mass is 9.82. The van der Waals surface area contributed by atoms with E-state index < -0.39 is 9.84 Å². The van der Waals surface area contributed by atoms with Crippen molar-refractivity contribution >= 4 is 9.84 Å². The van der Waals surface area contributed by atoms with Gasteiger partial charge in [0.2, 0.25) is 0 Å². The number of likely N-dealkylation sites (tertiary alicyclic amines) is 1. The number of hydrogen-bond acceptors (Lipinski definition) is 3. The molecule has 3 nitrogen and oxygen atoms in total. The average Bonchev–Trinajstić information content (AvgIpc) is 2.14. The highest BCUT2D eigenvalue weighted by Gasteiger charge is 2.55. The molecule has 2 saturated heterocycles. The van der Waals surface area contributed by atoms with E-state index in [0.29, 0.717) is 11.5 Å². The van der Waals surface area contributed by atoms with Gasteiger partial charge in [0.05, 0.1) is 11.5 Å². The normalized spacial score (nSPS) is 26.0. The van der Waals surface area contributed by atoms with Crippen molar-refractivity contribution in [3.63, 3.8) is 0 Å². The zero-order valence-corrected chi connectivity index (χ0v) is 9.91. The molecule has 0 bridgehead atoms. The van der Waals surface area contributed by atoms with Crippen LogP contribution < -0.4 is 0 Å². The van der Waals surface area contributed by atoms with Crippen LogP contribution in [0.1, 0.15) is 5.56 Å². The van der Waals surface area contributed by atoms with E-state index in [2.05, 4.69) is 17.0 Å². The van der Waals surface area contributed by atoms with E-state index in [9.17, 15) is 8.42 Å². The van der Waals surface area contributed by atoms with Gasteiger partial charge in [0, 0.05) is 25.0 Å². The standard InChI is InChI=1S/C12H15NO2S/c14-16(15)9-12(10-16)7-13(8-12)6-11-4-2-1-3-5-11/h1-5H,6-10H2. The van der Waals surface area contributed by atoms with Crippen molar-refractivity contribution in [2.75, 3.05) is 24.6 Å². The van der Waals surface area contributed by atoms with Crippen molar-refractivity contribution in [2.24, 2.45) is 5.41 Å². The zero-order valence-electron chi connectivity index (χ0n) is 9.09. The molecule has 0 atom stereocenters. The van der Waals surface area contributed by atoms with Gasteiger partial charge in [-0.15, -0.1) is 0 Å². The quantitative estimate of drug-likeness (QED) is 0.767. The average molecular weight is 237 g/mol. The van der Waals surface area contributed by atoms with Gasteiger partial charge in [-0.05, 0) is 5.56 Å². The van der Waals surface area contributed by atoms with E-state index in [4.69, 9.17) is 0 Å². The minimum atomic E-state index is -2.67. The molecule has 0 aromatic heterocycles. The third-order valence-corrected chi connectivity index (χ3v) is 5.52. The lowest BCUT2D eigenvalue weighted by molar-refractivity contribution is 0.0180. The topological polar surface area (TPSA) is 37.4 Å². The first-order chi connectivity index (χ1) is 7.57. The molecule has 3 rings (SSSR count). The number of nitrogens with zero attached hydrogens (tertiary/aromatic N) is 1. The van der Waals surface area contributed by atoms with Gasteiger partial charge >= 0.3 is 0 Å². The zero-order chi connectivity index (χ0) is 11.2. The highest BCUT2D eigenvalue weighted by molar-refractivity contribution is 7.92. The largest absolute Gasteiger partial charge is 0.298 e. The summed E-state index contributed by atoms with van der Waals surface area (Å²) >= 11 is 0. The van der Waals surface area contributed by atoms with Crippen molar-refractivity contribution in [1.82, 2.24) is 4.90 Å². The molecule has 0 radical (unpaired) electrons. The molecule has 2 aliphatic rings. The molecule has 86 valence electrons. The maximum atomic E-state index is 11.1. The summed E-state index contributed by atoms with van der Waals surface area (Å²) in [5, 5.41) is 0. The van der Waals surface area contributed by atoms with Crippen LogP contribution in [0.2, 0.25) is 0 Å². The first-order valence-electron chi connectivity index (χ1n) is 5.54. The Balaban J connectivity index is 1.56. The molecule has 0 saturated carbocycles. The van der Waals surface area contributed by atoms with Crippen LogP contribution in [0.4, 0.5) is 0 Å². The maximum Gasteiger partial charge on any atom is 0.151 e. The van der Waals surface area contributed by atoms with Gasteiger partial charge in [0.25, 0.3) is 0 Å². The third-order valence-electron chi connectivity index (χ3n) is 3.42. The second-order valence-electron chi connectivity index (χ2n) is 5.16. The number of hydrogen-bond donors (Lipinski definition) is 0. The Morgan fingerprint density at radius 1 is 1.12 bits per heavy atom. The summed E-state index contributed by atoms with van der Waals surface area (Å²) in [6, 6.07) is 10.3. The molecular weight excluding hydrogens is 222 g/mol. The fraction of sp³-hybridized carbons (Fsp3) is 0.500. The van der Waals surface area contributed by atoms with Gasteiger partial charge in [-0.1, -0.05) is 30.3 Å². The molecule has 0 N–H and O–H groups in total. The van der Waals surface area contributed by atoms with Crippen LogP contribution in [-0.4, -0.2) is 37.9 Å². The van der Waals surface area contributed by atoms with E-state index in [1.54, 1.807) is 0 Å². The minimum Gasteiger partial charge on any atom is -0.298 e. The predicted molar refractivity (Wildman–Crippen MR) is 62.8 cm³/mol. The number of benzene rings is 1. The van der Waals surface area contributed by atoms with Gasteiger partial charge < -0.3 is 0 Å². The molecule has 2 fully saturated rings. The molecule has 1 spiro atoms. The molecule has 16 heavy (non-hydrogen) atoms. The highest BCUT2D eigenvalue weighted by atomic mass is 32.2. The summed E-state index contributed by atoms with van der Waals surface area (Å²) in [4.78, 5) is 2.32. The Hall–Kier alpha value is -0.870. The minimum absolute atomic E-state index is 0.119. The van der Waals surface area contributed by atoms with E-state index >= 15 is 0 Å². The van der Waals surface area contributed by atoms with Crippen molar-refractivity contribution in [3.8, 4) is 0 Å². The van der Waals surface area contributed by atoms with Crippen molar-refractivity contribution in [1.29, 1.82) is 0 Å². The molecule has 1 aromatic carbocycles. The van der Waals surface area contributed by atoms with Crippen LogP contribution in [0.15, 0.2) is 30.3 Å². The molecule has 2 aliphatic heterocycles. The first-order valence-corrected chi connectivity index (χ1v) is 7.36. The second-order valence-corrected chi connectivity index (χ2v) is 7.23. The lowest BCUT2D eigenvalue weighted by Crippen LogP contribution is -2.67. The van der Waals surface area contributed by atoms with Crippen LogP contribution in [0.25, 0.3) is 0 Å². The third kappa shape index (κ3) is 1.76. The van der Waals surface area contributed by atoms with E-state index in [0.717, 1.165) is 19.6 Å². The van der Waals surface area contributed by atoms with Crippen molar-refractivity contribution in [3.05, 3.63) is 35.9 Å². The monoisotopic (exact) mass is 237 g/mol. The Labute approximate surface area is 96.0 Å². The van der Waals surface area contributed by atoms with Crippen molar-refractivity contribution in [2.45, 2.75) is 6.54 Å². The summed E-state index contributed by atoms with van der Waals surface area (Å²) in [6.45, 7) is 2.84. The van der Waals surface area contributed by atoms with Crippen LogP contribution >= 0.6 is 0 Å². The fourth-order valence-electron chi connectivity index (χ4n) is 2.93. The SMILES string of the molecule is O=S1(=O)CC2(CN(Cc3ccccc3)C2)C1. The predicted octanol–water partition coefficient (Wildman–Crippen LogP) is 0.917. The molecule has 2 heterocycles. The molecule has 0 aliphatic carbocycles. The first kappa shape index (κ1) is 10.3. The summed E-state index contributed by atoms with van der Waals surface area (Å²) in [5.41, 5.74) is 1.42. The van der Waals surface area contributed by atoms with Crippen LogP contribution in [0, 0.1) is 5.41 Å². The van der Waals surface area contributed by atoms with E-state index in [1.807, 2.05) is 18.2 Å². The number of sulfone groups is 1. The second kappa shape index (κ2) is 3.31. The maximum absolute atomic E-state index is 11.1. The summed E-state index contributed by atoms with van der Waals surface area (Å²) < 4.78 is 22.3. The fourth-order valence-corrected chi connectivity index (χ4v) is 5.08. The Morgan fingerprint density at radius 3 is 2.31 bits per heavy atom. The lowest BCUT2D eigenvalue weighted by Gasteiger charge is -2.55. The van der Waals surface area contributed by atoms with Gasteiger partial charge in [-0.25, -0.2) is 8.42 Å². The Bertz CT molecular complexity index is 475. The molecule has 4 heteroatoms. The molecule has 1 aromatic rings. The highest BCUT2D eigenvalue weighted by Crippen LogP contribution is 2.41. The van der Waals surface area contributed by atoms with Crippen molar-refractivity contribution < 1.29 is 8.42 Å². The number of rotatable bonds is 2. The summed E-state index contributed by atoms with van der Waals surface area (Å²) in [5.74, 6) is 0.816.